The maximum Gasteiger partial charge on any atom is 0.490 e. The molecule has 34 heavy (non-hydrogen) atoms. The zero-order valence-electron chi connectivity index (χ0n) is 16.3. The topological polar surface area (TPSA) is 247 Å². The second-order valence-corrected chi connectivity index (χ2v) is 11.8. The Morgan fingerprint density at radius 3 is 2.24 bits per heavy atom. The molecule has 6 atom stereocenters. The first-order valence-electron chi connectivity index (χ1n) is 8.28. The van der Waals surface area contributed by atoms with Crippen molar-refractivity contribution in [3.63, 3.8) is 0 Å². The summed E-state index contributed by atoms with van der Waals surface area (Å²) in [6.07, 6.45) is -10.7. The molecule has 0 amide bonds. The van der Waals surface area contributed by atoms with Crippen LogP contribution in [0.25, 0.3) is 0 Å². The number of hydrogen-bond donors (Lipinski definition) is 7. The molecule has 1 saturated heterocycles. The van der Waals surface area contributed by atoms with Gasteiger partial charge in [-0.15, -0.1) is 0 Å². The third-order valence-corrected chi connectivity index (χ3v) is 8.26. The fourth-order valence-electron chi connectivity index (χ4n) is 2.81. The van der Waals surface area contributed by atoms with Crippen LogP contribution >= 0.6 is 35.7 Å². The molecule has 23 heteroatoms. The molecule has 1 aromatic rings. The van der Waals surface area contributed by atoms with E-state index < -0.39 is 65.5 Å². The second kappa shape index (κ2) is 9.24. The van der Waals surface area contributed by atoms with E-state index in [-0.39, 0.29) is 9.21 Å². The largest absolute Gasteiger partial charge is 0.490 e. The van der Waals surface area contributed by atoms with Crippen LogP contribution in [0.5, 0.6) is 0 Å². The first-order chi connectivity index (χ1) is 15.0. The van der Waals surface area contributed by atoms with E-state index in [1.54, 1.807) is 0 Å². The number of hydrogen-bond acceptors (Lipinski definition) is 11. The number of phosphoric acid groups is 3. The van der Waals surface area contributed by atoms with Gasteiger partial charge in [0.2, 0.25) is 5.60 Å². The summed E-state index contributed by atoms with van der Waals surface area (Å²) in [6, 6.07) is 0.949. The second-order valence-electron chi connectivity index (χ2n) is 6.89. The highest BCUT2D eigenvalue weighted by Gasteiger charge is 2.74. The monoisotopic (exact) mass is 582 g/mol. The van der Waals surface area contributed by atoms with Gasteiger partial charge < -0.3 is 34.5 Å². The molecule has 2 rings (SSSR count). The average molecular weight is 582 g/mol. The van der Waals surface area contributed by atoms with Crippen LogP contribution in [-0.2, 0) is 31.6 Å². The molecule has 4 unspecified atom stereocenters. The Bertz CT molecular complexity index is 1200. The van der Waals surface area contributed by atoms with Gasteiger partial charge in [0.25, 0.3) is 0 Å². The molecule has 0 spiro atoms. The molecule has 0 aromatic carbocycles. The molecule has 0 aliphatic carbocycles. The molecule has 0 radical (unpaired) electrons. The minimum atomic E-state index is -5.95. The lowest BCUT2D eigenvalue weighted by molar-refractivity contribution is -0.304. The van der Waals surface area contributed by atoms with Crippen molar-refractivity contribution in [3.05, 3.63) is 27.4 Å². The summed E-state index contributed by atoms with van der Waals surface area (Å²) in [5, 5.41) is 20.7. The van der Waals surface area contributed by atoms with Gasteiger partial charge in [-0.1, -0.05) is 12.2 Å². The van der Waals surface area contributed by atoms with Gasteiger partial charge in [-0.3, -0.25) is 14.1 Å². The van der Waals surface area contributed by atoms with E-state index in [1.165, 1.54) is 0 Å². The first kappa shape index (κ1) is 29.4. The summed E-state index contributed by atoms with van der Waals surface area (Å²) in [6.45, 7) is -0.917. The van der Waals surface area contributed by atoms with Gasteiger partial charge in [-0.2, -0.15) is 21.8 Å². The van der Waals surface area contributed by atoms with Crippen LogP contribution in [0.4, 0.5) is 13.2 Å². The Labute approximate surface area is 191 Å². The maximum absolute atomic E-state index is 13.8. The molecule has 1 fully saturated rings. The van der Waals surface area contributed by atoms with E-state index in [2.05, 4.69) is 25.4 Å². The Kier molecular flexibility index (Phi) is 7.99. The van der Waals surface area contributed by atoms with Gasteiger partial charge in [0.05, 0.1) is 6.61 Å². The van der Waals surface area contributed by atoms with Crippen molar-refractivity contribution in [2.24, 2.45) is 0 Å². The summed E-state index contributed by atoms with van der Waals surface area (Å²) in [5.41, 5.74) is -8.25. The highest BCUT2D eigenvalue weighted by Crippen LogP contribution is 2.66. The Morgan fingerprint density at radius 2 is 1.76 bits per heavy atom. The van der Waals surface area contributed by atoms with Gasteiger partial charge in [0.1, 0.15) is 16.3 Å². The zero-order chi connectivity index (χ0) is 26.5. The molecule has 1 aliphatic heterocycles. The van der Waals surface area contributed by atoms with Crippen LogP contribution in [0.15, 0.2) is 17.1 Å². The van der Waals surface area contributed by atoms with E-state index in [9.17, 15) is 46.8 Å². The molecule has 1 aromatic heterocycles. The van der Waals surface area contributed by atoms with Crippen LogP contribution in [-0.4, -0.2) is 69.4 Å². The van der Waals surface area contributed by atoms with Crippen molar-refractivity contribution >= 4 is 35.7 Å². The summed E-state index contributed by atoms with van der Waals surface area (Å²) in [7, 11) is -17.5. The lowest BCUT2D eigenvalue weighted by atomic mass is 9.87. The van der Waals surface area contributed by atoms with Gasteiger partial charge in [-0.25, -0.2) is 18.5 Å². The molecule has 196 valence electrons. The molecule has 1 aliphatic rings. The number of nitrogens with one attached hydrogen (secondary N) is 1. The number of H-pyrrole nitrogens is 1. The lowest BCUT2D eigenvalue weighted by Gasteiger charge is -2.34. The number of aliphatic hydroxyl groups excluding tert-OH is 1. The third kappa shape index (κ3) is 6.29. The number of ether oxygens (including phenoxy) is 1. The molecule has 7 N–H and O–H groups in total. The molecule has 0 bridgehead atoms. The SMILES string of the molecule is CC1(COP(=O)(O)OP(=O)(O)OP(=O)(O)O)O[C@@H](n2ccc(=S)[nH]c2=O)C(O)(C(F)(F)F)[C@H]1O. The van der Waals surface area contributed by atoms with Crippen molar-refractivity contribution in [2.75, 3.05) is 6.61 Å². The predicted molar refractivity (Wildman–Crippen MR) is 101 cm³/mol. The highest BCUT2D eigenvalue weighted by atomic mass is 32.1. The van der Waals surface area contributed by atoms with Crippen molar-refractivity contribution in [3.8, 4) is 0 Å². The number of aromatic nitrogens is 2. The van der Waals surface area contributed by atoms with Crippen LogP contribution in [0.1, 0.15) is 13.2 Å². The fourth-order valence-corrected chi connectivity index (χ4v) is 6.07. The molecular formula is C11H16F3N2O14P3S. The van der Waals surface area contributed by atoms with Gasteiger partial charge >= 0.3 is 35.3 Å². The van der Waals surface area contributed by atoms with E-state index in [0.29, 0.717) is 13.1 Å². The lowest BCUT2D eigenvalue weighted by Crippen LogP contribution is -2.60. The van der Waals surface area contributed by atoms with Crippen LogP contribution in [0.3, 0.4) is 0 Å². The molecular weight excluding hydrogens is 566 g/mol. The normalized spacial score (nSPS) is 31.7. The smallest absolute Gasteiger partial charge is 0.386 e. The molecule has 2 heterocycles. The van der Waals surface area contributed by atoms with Crippen molar-refractivity contribution < 1.29 is 74.5 Å². The number of aliphatic hydroxyl groups is 2. The quantitative estimate of drug-likeness (QED) is 0.160. The van der Waals surface area contributed by atoms with Gasteiger partial charge in [-0.05, 0) is 13.0 Å². The summed E-state index contributed by atoms with van der Waals surface area (Å²) in [4.78, 5) is 49.6. The van der Waals surface area contributed by atoms with Crippen LogP contribution in [0, 0.1) is 4.64 Å². The standard InChI is InChI=1S/C11H16F3N2O14P3S/c1-9(4-27-32(23,24)30-33(25,26)29-31(20,21)22)6(17)10(19,11(12,13)14)7(28-9)16-3-2-5(34)15-8(16)18/h2-3,6-7,17,19H,4H2,1H3,(H,23,24)(H,25,26)(H,15,18,34)(H2,20,21,22)/t6-,7+,9?,10?/m0/s1. The summed E-state index contributed by atoms with van der Waals surface area (Å²) >= 11 is 4.65. The third-order valence-electron chi connectivity index (χ3n) is 4.24. The van der Waals surface area contributed by atoms with Crippen LogP contribution in [0.2, 0.25) is 0 Å². The number of rotatable bonds is 8. The minimum absolute atomic E-state index is 0.183. The van der Waals surface area contributed by atoms with Crippen molar-refractivity contribution in [1.82, 2.24) is 9.55 Å². The number of aromatic amines is 1. The van der Waals surface area contributed by atoms with Crippen molar-refractivity contribution in [2.45, 2.75) is 36.6 Å². The predicted octanol–water partition coefficient (Wildman–Crippen LogP) is 0.191. The van der Waals surface area contributed by atoms with E-state index >= 15 is 0 Å². The van der Waals surface area contributed by atoms with Crippen LogP contribution < -0.4 is 5.69 Å². The molecule has 0 saturated carbocycles. The Morgan fingerprint density at radius 1 is 1.21 bits per heavy atom. The number of phosphoric ester groups is 1. The Balaban J connectivity index is 2.38. The number of nitrogens with zero attached hydrogens (tertiary/aromatic N) is 1. The van der Waals surface area contributed by atoms with Crippen molar-refractivity contribution in [1.29, 1.82) is 0 Å². The van der Waals surface area contributed by atoms with E-state index in [0.717, 1.165) is 6.07 Å². The van der Waals surface area contributed by atoms with E-state index in [1.807, 2.05) is 4.98 Å². The number of alkyl halides is 3. The average Bonchev–Trinajstić information content (AvgIpc) is 2.80. The van der Waals surface area contributed by atoms with E-state index in [4.69, 9.17) is 19.4 Å². The minimum Gasteiger partial charge on any atom is -0.386 e. The first-order valence-corrected chi connectivity index (χ1v) is 13.2. The maximum atomic E-state index is 13.8. The number of halogens is 3. The zero-order valence-corrected chi connectivity index (χ0v) is 19.8. The van der Waals surface area contributed by atoms with Gasteiger partial charge in [0, 0.05) is 6.20 Å². The summed E-state index contributed by atoms with van der Waals surface area (Å²) < 4.78 is 91.3. The van der Waals surface area contributed by atoms with Gasteiger partial charge in [0.15, 0.2) is 6.23 Å². The molecule has 16 nitrogen and oxygen atoms in total. The Hall–Kier alpha value is -0.820. The summed E-state index contributed by atoms with van der Waals surface area (Å²) in [5.74, 6) is 0. The fraction of sp³-hybridized carbons (Fsp3) is 0.636. The highest BCUT2D eigenvalue weighted by molar-refractivity contribution is 7.71.